The van der Waals surface area contributed by atoms with Crippen LogP contribution in [0.3, 0.4) is 0 Å². The molecule has 1 saturated heterocycles. The standard InChI is InChI=1S/C21H21N5O5/c1-12-4-7-14(8-5-12)26-20(28)18-19(21(26)29)25(24-23-18)11-17(27)22-13-6-9-15(30-2)16(10-13)31-3/h4-10,18-19H,11H2,1-3H3,(H,22,27)/t18-,19-/m1/s1. The van der Waals surface area contributed by atoms with Crippen molar-refractivity contribution in [2.45, 2.75) is 19.0 Å². The number of rotatable bonds is 6. The van der Waals surface area contributed by atoms with Gasteiger partial charge in [-0.1, -0.05) is 22.9 Å². The van der Waals surface area contributed by atoms with Crippen LogP contribution in [0.2, 0.25) is 0 Å². The van der Waals surface area contributed by atoms with Crippen LogP contribution in [0.25, 0.3) is 0 Å². The lowest BCUT2D eigenvalue weighted by molar-refractivity contribution is -0.123. The van der Waals surface area contributed by atoms with Crippen LogP contribution in [-0.4, -0.2) is 55.6 Å². The van der Waals surface area contributed by atoms with Gasteiger partial charge in [0.05, 0.1) is 19.9 Å². The number of methoxy groups -OCH3 is 2. The average molecular weight is 423 g/mol. The third-order valence-electron chi connectivity index (χ3n) is 5.12. The van der Waals surface area contributed by atoms with Crippen molar-refractivity contribution in [1.82, 2.24) is 5.01 Å². The maximum Gasteiger partial charge on any atom is 0.263 e. The highest BCUT2D eigenvalue weighted by molar-refractivity contribution is 6.25. The van der Waals surface area contributed by atoms with E-state index in [4.69, 9.17) is 9.47 Å². The van der Waals surface area contributed by atoms with Crippen molar-refractivity contribution >= 4 is 29.1 Å². The van der Waals surface area contributed by atoms with Gasteiger partial charge in [-0.05, 0) is 31.2 Å². The first kappa shape index (κ1) is 20.3. The Morgan fingerprint density at radius 3 is 2.42 bits per heavy atom. The minimum Gasteiger partial charge on any atom is -0.493 e. The summed E-state index contributed by atoms with van der Waals surface area (Å²) in [5, 5.41) is 11.8. The molecule has 0 bridgehead atoms. The Labute approximate surface area is 178 Å². The monoisotopic (exact) mass is 423 g/mol. The van der Waals surface area contributed by atoms with Crippen molar-refractivity contribution in [3.05, 3.63) is 48.0 Å². The molecule has 3 amide bonds. The molecule has 0 aliphatic carbocycles. The molecule has 160 valence electrons. The molecule has 0 aromatic heterocycles. The lowest BCUT2D eigenvalue weighted by Gasteiger charge is -2.20. The van der Waals surface area contributed by atoms with Gasteiger partial charge in [-0.25, -0.2) is 4.90 Å². The van der Waals surface area contributed by atoms with Gasteiger partial charge in [-0.2, -0.15) is 5.11 Å². The molecule has 0 radical (unpaired) electrons. The Kier molecular flexibility index (Phi) is 5.28. The van der Waals surface area contributed by atoms with E-state index < -0.39 is 29.8 Å². The van der Waals surface area contributed by atoms with Gasteiger partial charge in [0, 0.05) is 11.8 Å². The second-order valence-electron chi connectivity index (χ2n) is 7.16. The SMILES string of the molecule is COc1ccc(NC(=O)CN2N=N[C@H]3C(=O)N(c4ccc(C)cc4)C(=O)[C@@H]32)cc1OC. The highest BCUT2D eigenvalue weighted by atomic mass is 16.5. The first-order valence-electron chi connectivity index (χ1n) is 9.56. The lowest BCUT2D eigenvalue weighted by atomic mass is 10.1. The first-order valence-corrected chi connectivity index (χ1v) is 9.56. The zero-order valence-electron chi connectivity index (χ0n) is 17.2. The summed E-state index contributed by atoms with van der Waals surface area (Å²) in [7, 11) is 3.02. The maximum atomic E-state index is 13.0. The van der Waals surface area contributed by atoms with E-state index in [9.17, 15) is 14.4 Å². The molecule has 2 aliphatic rings. The molecule has 31 heavy (non-hydrogen) atoms. The van der Waals surface area contributed by atoms with E-state index in [0.29, 0.717) is 22.9 Å². The van der Waals surface area contributed by atoms with Gasteiger partial charge < -0.3 is 14.8 Å². The van der Waals surface area contributed by atoms with Crippen LogP contribution in [0.5, 0.6) is 11.5 Å². The molecule has 1 fully saturated rings. The van der Waals surface area contributed by atoms with Crippen molar-refractivity contribution in [2.24, 2.45) is 10.3 Å². The number of nitrogens with one attached hydrogen (secondary N) is 1. The fourth-order valence-corrected chi connectivity index (χ4v) is 3.56. The summed E-state index contributed by atoms with van der Waals surface area (Å²) in [6, 6.07) is 10.1. The van der Waals surface area contributed by atoms with Gasteiger partial charge in [-0.15, -0.1) is 0 Å². The number of carbonyl (C=O) groups is 3. The van der Waals surface area contributed by atoms with Crippen LogP contribution in [0.15, 0.2) is 52.8 Å². The third-order valence-corrected chi connectivity index (χ3v) is 5.12. The minimum absolute atomic E-state index is 0.236. The molecule has 0 spiro atoms. The lowest BCUT2D eigenvalue weighted by Crippen LogP contribution is -2.43. The molecule has 0 unspecified atom stereocenters. The second-order valence-corrected chi connectivity index (χ2v) is 7.16. The fourth-order valence-electron chi connectivity index (χ4n) is 3.56. The van der Waals surface area contributed by atoms with Gasteiger partial charge in [0.25, 0.3) is 11.8 Å². The summed E-state index contributed by atoms with van der Waals surface area (Å²) in [4.78, 5) is 39.4. The highest BCUT2D eigenvalue weighted by Crippen LogP contribution is 2.32. The number of ether oxygens (including phenoxy) is 2. The molecule has 2 aliphatic heterocycles. The van der Waals surface area contributed by atoms with Crippen molar-refractivity contribution < 1.29 is 23.9 Å². The normalized spacial score (nSPS) is 19.6. The topological polar surface area (TPSA) is 113 Å². The van der Waals surface area contributed by atoms with E-state index in [1.54, 1.807) is 30.3 Å². The van der Waals surface area contributed by atoms with Crippen LogP contribution < -0.4 is 19.7 Å². The minimum atomic E-state index is -0.956. The molecular formula is C21H21N5O5. The number of hydrogen-bond donors (Lipinski definition) is 1. The number of nitrogens with zero attached hydrogens (tertiary/aromatic N) is 4. The number of fused-ring (bicyclic) bond motifs is 1. The van der Waals surface area contributed by atoms with Crippen molar-refractivity contribution in [3.8, 4) is 11.5 Å². The summed E-state index contributed by atoms with van der Waals surface area (Å²) in [6.45, 7) is 1.68. The van der Waals surface area contributed by atoms with E-state index >= 15 is 0 Å². The van der Waals surface area contributed by atoms with Crippen LogP contribution in [0.4, 0.5) is 11.4 Å². The van der Waals surface area contributed by atoms with Crippen LogP contribution in [0.1, 0.15) is 5.56 Å². The molecule has 10 nitrogen and oxygen atoms in total. The number of amides is 3. The largest absolute Gasteiger partial charge is 0.493 e. The molecule has 10 heteroatoms. The summed E-state index contributed by atoms with van der Waals surface area (Å²) in [5.41, 5.74) is 1.97. The summed E-state index contributed by atoms with van der Waals surface area (Å²) < 4.78 is 10.4. The Morgan fingerprint density at radius 1 is 1.03 bits per heavy atom. The van der Waals surface area contributed by atoms with E-state index in [1.807, 2.05) is 19.1 Å². The molecule has 1 N–H and O–H groups in total. The number of anilines is 2. The molecule has 2 atom stereocenters. The number of carbonyl (C=O) groups excluding carboxylic acids is 3. The predicted octanol–water partition coefficient (Wildman–Crippen LogP) is 1.94. The molecule has 2 heterocycles. The van der Waals surface area contributed by atoms with E-state index in [-0.39, 0.29) is 6.54 Å². The number of hydrogen-bond acceptors (Lipinski definition) is 8. The molecular weight excluding hydrogens is 402 g/mol. The second kappa shape index (κ2) is 8.05. The zero-order chi connectivity index (χ0) is 22.1. The van der Waals surface area contributed by atoms with Crippen LogP contribution in [-0.2, 0) is 14.4 Å². The van der Waals surface area contributed by atoms with Gasteiger partial charge in [0.15, 0.2) is 23.6 Å². The van der Waals surface area contributed by atoms with Gasteiger partial charge >= 0.3 is 0 Å². The Balaban J connectivity index is 1.46. The molecule has 4 rings (SSSR count). The summed E-state index contributed by atoms with van der Waals surface area (Å²) in [6.07, 6.45) is 0. The molecule has 2 aromatic carbocycles. The van der Waals surface area contributed by atoms with Crippen LogP contribution in [0, 0.1) is 6.92 Å². The van der Waals surface area contributed by atoms with Crippen molar-refractivity contribution in [3.63, 3.8) is 0 Å². The van der Waals surface area contributed by atoms with Gasteiger partial charge in [0.2, 0.25) is 5.91 Å². The highest BCUT2D eigenvalue weighted by Gasteiger charge is 2.55. The third kappa shape index (κ3) is 3.67. The van der Waals surface area contributed by atoms with Gasteiger partial charge in [0.1, 0.15) is 6.54 Å². The first-order chi connectivity index (χ1) is 14.9. The summed E-state index contributed by atoms with van der Waals surface area (Å²) in [5.74, 6) is -0.330. The maximum absolute atomic E-state index is 13.0. The Morgan fingerprint density at radius 2 is 1.74 bits per heavy atom. The smallest absolute Gasteiger partial charge is 0.263 e. The van der Waals surface area contributed by atoms with Gasteiger partial charge in [-0.3, -0.25) is 19.4 Å². The van der Waals surface area contributed by atoms with E-state index in [0.717, 1.165) is 10.5 Å². The fraction of sp³-hybridized carbons (Fsp3) is 0.286. The van der Waals surface area contributed by atoms with Crippen LogP contribution >= 0.6 is 0 Å². The van der Waals surface area contributed by atoms with E-state index in [2.05, 4.69) is 15.7 Å². The number of benzene rings is 2. The molecule has 0 saturated carbocycles. The van der Waals surface area contributed by atoms with E-state index in [1.165, 1.54) is 19.2 Å². The Bertz CT molecular complexity index is 1070. The summed E-state index contributed by atoms with van der Waals surface area (Å²) >= 11 is 0. The number of imide groups is 1. The Hall–Kier alpha value is -3.95. The van der Waals surface area contributed by atoms with Crippen molar-refractivity contribution in [1.29, 1.82) is 0 Å². The average Bonchev–Trinajstić information content (AvgIpc) is 3.28. The zero-order valence-corrected chi connectivity index (χ0v) is 17.2. The molecule has 2 aromatic rings. The van der Waals surface area contributed by atoms with Crippen molar-refractivity contribution in [2.75, 3.05) is 31.0 Å². The number of aryl methyl sites for hydroxylation is 1. The quantitative estimate of drug-likeness (QED) is 0.711. The predicted molar refractivity (Wildman–Crippen MR) is 111 cm³/mol.